The molecule has 0 amide bonds. The molecule has 0 N–H and O–H groups in total. The molecule has 0 atom stereocenters. The molecule has 3 nitrogen and oxygen atoms in total. The third kappa shape index (κ3) is 3.66. The van der Waals surface area contributed by atoms with Gasteiger partial charge < -0.3 is 9.47 Å². The molecule has 2 aromatic carbocycles. The van der Waals surface area contributed by atoms with Gasteiger partial charge >= 0.3 is 0 Å². The van der Waals surface area contributed by atoms with Crippen molar-refractivity contribution in [2.45, 2.75) is 13.5 Å². The zero-order valence-corrected chi connectivity index (χ0v) is 11.9. The minimum Gasteiger partial charge on any atom is -0.494 e. The van der Waals surface area contributed by atoms with Crippen molar-refractivity contribution in [3.8, 4) is 17.6 Å². The van der Waals surface area contributed by atoms with Crippen LogP contribution in [0.25, 0.3) is 0 Å². The van der Waals surface area contributed by atoms with Crippen LogP contribution < -0.4 is 9.47 Å². The second-order valence-corrected chi connectivity index (χ2v) is 4.52. The highest BCUT2D eigenvalue weighted by Crippen LogP contribution is 2.22. The summed E-state index contributed by atoms with van der Waals surface area (Å²) in [6, 6.07) is 14.6. The first-order chi connectivity index (χ1) is 9.72. The van der Waals surface area contributed by atoms with Crippen LogP contribution in [0.5, 0.6) is 11.5 Å². The second kappa shape index (κ2) is 6.83. The van der Waals surface area contributed by atoms with Gasteiger partial charge in [0.15, 0.2) is 0 Å². The lowest BCUT2D eigenvalue weighted by molar-refractivity contribution is 0.304. The SMILES string of the molecule is CCOc1ccc(OCc2ccc(C#N)cc2Cl)cc1. The van der Waals surface area contributed by atoms with Crippen molar-refractivity contribution >= 4 is 11.6 Å². The Labute approximate surface area is 123 Å². The van der Waals surface area contributed by atoms with Crippen molar-refractivity contribution in [1.29, 1.82) is 5.26 Å². The van der Waals surface area contributed by atoms with E-state index in [4.69, 9.17) is 26.3 Å². The van der Waals surface area contributed by atoms with E-state index in [2.05, 4.69) is 0 Å². The fourth-order valence-electron chi connectivity index (χ4n) is 1.69. The molecule has 0 aliphatic rings. The van der Waals surface area contributed by atoms with E-state index >= 15 is 0 Å². The number of ether oxygens (including phenoxy) is 2. The number of nitriles is 1. The maximum atomic E-state index is 8.78. The van der Waals surface area contributed by atoms with E-state index in [1.807, 2.05) is 37.3 Å². The highest BCUT2D eigenvalue weighted by Gasteiger charge is 2.03. The van der Waals surface area contributed by atoms with Crippen LogP contribution in [0.4, 0.5) is 0 Å². The van der Waals surface area contributed by atoms with Crippen molar-refractivity contribution in [1.82, 2.24) is 0 Å². The number of hydrogen-bond donors (Lipinski definition) is 0. The lowest BCUT2D eigenvalue weighted by Crippen LogP contribution is -1.97. The zero-order chi connectivity index (χ0) is 14.4. The summed E-state index contributed by atoms with van der Waals surface area (Å²) in [5.74, 6) is 1.56. The molecule has 0 bridgehead atoms. The zero-order valence-electron chi connectivity index (χ0n) is 11.1. The van der Waals surface area contributed by atoms with E-state index in [0.29, 0.717) is 23.8 Å². The van der Waals surface area contributed by atoms with Crippen LogP contribution in [0.3, 0.4) is 0 Å². The molecule has 0 aliphatic carbocycles. The molecule has 0 aromatic heterocycles. The minimum absolute atomic E-state index is 0.360. The van der Waals surface area contributed by atoms with E-state index in [1.54, 1.807) is 18.2 Å². The fourth-order valence-corrected chi connectivity index (χ4v) is 1.93. The first kappa shape index (κ1) is 14.2. The van der Waals surface area contributed by atoms with Crippen molar-refractivity contribution < 1.29 is 9.47 Å². The van der Waals surface area contributed by atoms with E-state index in [1.165, 1.54) is 0 Å². The van der Waals surface area contributed by atoms with Gasteiger partial charge in [0.25, 0.3) is 0 Å². The Balaban J connectivity index is 2.00. The number of rotatable bonds is 5. The predicted octanol–water partition coefficient (Wildman–Crippen LogP) is 4.19. The summed E-state index contributed by atoms with van der Waals surface area (Å²) in [7, 11) is 0. The smallest absolute Gasteiger partial charge is 0.120 e. The maximum Gasteiger partial charge on any atom is 0.120 e. The van der Waals surface area contributed by atoms with Crippen molar-refractivity contribution in [3.63, 3.8) is 0 Å². The highest BCUT2D eigenvalue weighted by molar-refractivity contribution is 6.31. The first-order valence-electron chi connectivity index (χ1n) is 6.27. The molecule has 0 saturated heterocycles. The summed E-state index contributed by atoms with van der Waals surface area (Å²) in [5.41, 5.74) is 1.39. The van der Waals surface area contributed by atoms with Gasteiger partial charge in [0, 0.05) is 10.6 Å². The van der Waals surface area contributed by atoms with Crippen LogP contribution in [-0.2, 0) is 6.61 Å². The molecule has 0 spiro atoms. The normalized spacial score (nSPS) is 9.85. The highest BCUT2D eigenvalue weighted by atomic mass is 35.5. The van der Waals surface area contributed by atoms with Crippen LogP contribution in [0.1, 0.15) is 18.1 Å². The molecule has 0 heterocycles. The lowest BCUT2D eigenvalue weighted by Gasteiger charge is -2.09. The summed E-state index contributed by atoms with van der Waals surface area (Å²) in [6.07, 6.45) is 0. The van der Waals surface area contributed by atoms with Crippen LogP contribution >= 0.6 is 11.6 Å². The molecule has 0 unspecified atom stereocenters. The number of nitrogens with zero attached hydrogens (tertiary/aromatic N) is 1. The molecule has 0 saturated carbocycles. The fraction of sp³-hybridized carbons (Fsp3) is 0.188. The van der Waals surface area contributed by atoms with Crippen molar-refractivity contribution in [2.75, 3.05) is 6.61 Å². The molecule has 0 radical (unpaired) electrons. The Morgan fingerprint density at radius 3 is 2.25 bits per heavy atom. The van der Waals surface area contributed by atoms with Gasteiger partial charge in [-0.25, -0.2) is 0 Å². The third-order valence-electron chi connectivity index (χ3n) is 2.71. The minimum atomic E-state index is 0.360. The second-order valence-electron chi connectivity index (χ2n) is 4.11. The summed E-state index contributed by atoms with van der Waals surface area (Å²) in [6.45, 7) is 2.94. The topological polar surface area (TPSA) is 42.2 Å². The molecule has 102 valence electrons. The van der Waals surface area contributed by atoms with Gasteiger partial charge in [0.05, 0.1) is 18.2 Å². The van der Waals surface area contributed by atoms with Crippen molar-refractivity contribution in [2.24, 2.45) is 0 Å². The van der Waals surface area contributed by atoms with Crippen LogP contribution in [0, 0.1) is 11.3 Å². The largest absolute Gasteiger partial charge is 0.494 e. The monoisotopic (exact) mass is 287 g/mol. The Morgan fingerprint density at radius 2 is 1.70 bits per heavy atom. The van der Waals surface area contributed by atoms with Gasteiger partial charge in [-0.3, -0.25) is 0 Å². The molecule has 0 fully saturated rings. The van der Waals surface area contributed by atoms with Crippen molar-refractivity contribution in [3.05, 3.63) is 58.6 Å². The quantitative estimate of drug-likeness (QED) is 0.828. The first-order valence-corrected chi connectivity index (χ1v) is 6.65. The Kier molecular flexibility index (Phi) is 4.86. The lowest BCUT2D eigenvalue weighted by atomic mass is 10.1. The molecular weight excluding hydrogens is 274 g/mol. The van der Waals surface area contributed by atoms with Gasteiger partial charge in [-0.15, -0.1) is 0 Å². The molecular formula is C16H14ClNO2. The molecule has 2 rings (SSSR count). The van der Waals surface area contributed by atoms with Gasteiger partial charge in [0.1, 0.15) is 18.1 Å². The summed E-state index contributed by atoms with van der Waals surface area (Å²) in [4.78, 5) is 0. The maximum absolute atomic E-state index is 8.78. The summed E-state index contributed by atoms with van der Waals surface area (Å²) < 4.78 is 11.0. The number of benzene rings is 2. The summed E-state index contributed by atoms with van der Waals surface area (Å²) in [5, 5.41) is 9.32. The predicted molar refractivity (Wildman–Crippen MR) is 78.1 cm³/mol. The van der Waals surface area contributed by atoms with Gasteiger partial charge in [-0.2, -0.15) is 5.26 Å². The van der Waals surface area contributed by atoms with Gasteiger partial charge in [-0.1, -0.05) is 17.7 Å². The average Bonchev–Trinajstić information content (AvgIpc) is 2.48. The van der Waals surface area contributed by atoms with Gasteiger partial charge in [-0.05, 0) is 43.3 Å². The van der Waals surface area contributed by atoms with Gasteiger partial charge in [0.2, 0.25) is 0 Å². The van der Waals surface area contributed by atoms with Crippen LogP contribution in [0.2, 0.25) is 5.02 Å². The van der Waals surface area contributed by atoms with E-state index in [-0.39, 0.29) is 0 Å². The van der Waals surface area contributed by atoms with Crippen LogP contribution in [-0.4, -0.2) is 6.61 Å². The molecule has 4 heteroatoms. The van der Waals surface area contributed by atoms with E-state index in [9.17, 15) is 0 Å². The number of halogens is 1. The molecule has 2 aromatic rings. The molecule has 20 heavy (non-hydrogen) atoms. The molecule has 0 aliphatic heterocycles. The standard InChI is InChI=1S/C16H14ClNO2/c1-2-19-14-5-7-15(8-6-14)20-11-13-4-3-12(10-18)9-16(13)17/h3-9H,2,11H2,1H3. The van der Waals surface area contributed by atoms with E-state index in [0.717, 1.165) is 17.1 Å². The average molecular weight is 288 g/mol. The Bertz CT molecular complexity index is 617. The van der Waals surface area contributed by atoms with E-state index < -0.39 is 0 Å². The Hall–Kier alpha value is -2.18. The number of hydrogen-bond acceptors (Lipinski definition) is 3. The Morgan fingerprint density at radius 1 is 1.05 bits per heavy atom. The third-order valence-corrected chi connectivity index (χ3v) is 3.06. The summed E-state index contributed by atoms with van der Waals surface area (Å²) >= 11 is 6.09. The van der Waals surface area contributed by atoms with Crippen LogP contribution in [0.15, 0.2) is 42.5 Å².